The van der Waals surface area contributed by atoms with Crippen molar-refractivity contribution in [2.75, 3.05) is 18.0 Å². The lowest BCUT2D eigenvalue weighted by molar-refractivity contribution is -0.0167. The topological polar surface area (TPSA) is 67.2 Å². The van der Waals surface area contributed by atoms with Gasteiger partial charge in [0.1, 0.15) is 23.0 Å². The molecular weight excluding hydrogens is 524 g/mol. The normalized spacial score (nSPS) is 28.7. The minimum absolute atomic E-state index is 0.00764. The zero-order valence-electron chi connectivity index (χ0n) is 21.9. The summed E-state index contributed by atoms with van der Waals surface area (Å²) < 4.78 is 58.4. The third-order valence-corrected chi connectivity index (χ3v) is 9.38. The van der Waals surface area contributed by atoms with Gasteiger partial charge in [0.25, 0.3) is 11.8 Å². The molecular formula is C30H30F4N4O2. The van der Waals surface area contributed by atoms with Crippen LogP contribution in [0, 0.1) is 29.4 Å². The van der Waals surface area contributed by atoms with Crippen LogP contribution in [0.25, 0.3) is 16.7 Å². The number of hydrogen-bond donors (Lipinski definition) is 1. The predicted molar refractivity (Wildman–Crippen MR) is 142 cm³/mol. The summed E-state index contributed by atoms with van der Waals surface area (Å²) in [6.45, 7) is -0.166. The first-order chi connectivity index (χ1) is 19.1. The molecule has 3 aromatic rings. The first-order valence-electron chi connectivity index (χ1n) is 14.1. The van der Waals surface area contributed by atoms with Gasteiger partial charge in [-0.15, -0.1) is 0 Å². The van der Waals surface area contributed by atoms with Crippen LogP contribution in [0.3, 0.4) is 0 Å². The number of pyridine rings is 2. The molecule has 0 spiro atoms. The number of benzene rings is 1. The van der Waals surface area contributed by atoms with Gasteiger partial charge in [-0.1, -0.05) is 0 Å². The van der Waals surface area contributed by atoms with Gasteiger partial charge in [0.2, 0.25) is 5.43 Å². The van der Waals surface area contributed by atoms with Crippen LogP contribution in [0.2, 0.25) is 0 Å². The highest BCUT2D eigenvalue weighted by Gasteiger charge is 2.51. The van der Waals surface area contributed by atoms with E-state index in [2.05, 4.69) is 10.3 Å². The fourth-order valence-corrected chi connectivity index (χ4v) is 8.12. The van der Waals surface area contributed by atoms with E-state index >= 15 is 4.39 Å². The highest BCUT2D eigenvalue weighted by atomic mass is 19.3. The van der Waals surface area contributed by atoms with Gasteiger partial charge >= 0.3 is 0 Å². The van der Waals surface area contributed by atoms with Crippen LogP contribution in [0.5, 0.6) is 0 Å². The molecule has 6 nitrogen and oxygen atoms in total. The summed E-state index contributed by atoms with van der Waals surface area (Å²) in [5.74, 6) is -3.13. The summed E-state index contributed by atoms with van der Waals surface area (Å²) >= 11 is 0. The summed E-state index contributed by atoms with van der Waals surface area (Å²) in [5, 5.41) is 3.25. The van der Waals surface area contributed by atoms with Crippen LogP contribution in [0.1, 0.15) is 61.7 Å². The quantitative estimate of drug-likeness (QED) is 0.427. The van der Waals surface area contributed by atoms with Crippen LogP contribution in [0.4, 0.5) is 23.4 Å². The van der Waals surface area contributed by atoms with E-state index in [1.807, 2.05) is 0 Å². The standard InChI is InChI=1S/C30H30F4N4O2/c31-20-2-4-24(23(32)11-20)38-15-22(28(40)36-29-12-17-8-18(13-29)10-19(9-17)14-29)26(39)21-3-5-25(35-27(21)38)37-7-1-6-30(33,34)16-37/h2-5,11,15,17-19H,1,6-10,12-14,16H2,(H,36,40). The van der Waals surface area contributed by atoms with Crippen molar-refractivity contribution in [2.45, 2.75) is 62.8 Å². The third-order valence-electron chi connectivity index (χ3n) is 9.38. The molecule has 10 heteroatoms. The minimum Gasteiger partial charge on any atom is -0.351 e. The largest absolute Gasteiger partial charge is 0.351 e. The molecule has 1 aromatic carbocycles. The molecule has 5 aliphatic rings. The van der Waals surface area contributed by atoms with Gasteiger partial charge in [0.05, 0.1) is 17.6 Å². The fraction of sp³-hybridized carbons (Fsp3) is 0.500. The monoisotopic (exact) mass is 554 g/mol. The highest BCUT2D eigenvalue weighted by Crippen LogP contribution is 2.55. The third kappa shape index (κ3) is 4.36. The average Bonchev–Trinajstić information content (AvgIpc) is 2.87. The number of aromatic nitrogens is 2. The molecule has 0 unspecified atom stereocenters. The Balaban J connectivity index is 1.33. The zero-order valence-corrected chi connectivity index (χ0v) is 21.9. The lowest BCUT2D eigenvalue weighted by Gasteiger charge is -2.56. The number of amides is 1. The zero-order chi connectivity index (χ0) is 27.8. The highest BCUT2D eigenvalue weighted by molar-refractivity contribution is 5.97. The summed E-state index contributed by atoms with van der Waals surface area (Å²) in [5.41, 5.74) is -1.18. The maximum atomic E-state index is 15.1. The number of fused-ring (bicyclic) bond motifs is 1. The number of piperidine rings is 1. The van der Waals surface area contributed by atoms with E-state index in [0.29, 0.717) is 30.4 Å². The molecule has 0 radical (unpaired) electrons. The Hall–Kier alpha value is -3.43. The van der Waals surface area contributed by atoms with E-state index in [1.165, 1.54) is 53.1 Å². The number of halogens is 4. The van der Waals surface area contributed by atoms with Crippen molar-refractivity contribution in [2.24, 2.45) is 17.8 Å². The number of carbonyl (C=O) groups excluding carboxylic acids is 1. The summed E-state index contributed by atoms with van der Waals surface area (Å²) in [7, 11) is 0. The number of anilines is 1. The second-order valence-electron chi connectivity index (χ2n) is 12.4. The molecule has 8 rings (SSSR count). The lowest BCUT2D eigenvalue weighted by Crippen LogP contribution is -2.60. The van der Waals surface area contributed by atoms with E-state index in [4.69, 9.17) is 0 Å². The first-order valence-corrected chi connectivity index (χ1v) is 14.1. The summed E-state index contributed by atoms with van der Waals surface area (Å²) in [6.07, 6.45) is 7.56. The van der Waals surface area contributed by atoms with E-state index in [1.54, 1.807) is 0 Å². The van der Waals surface area contributed by atoms with Gasteiger partial charge in [-0.3, -0.25) is 14.2 Å². The molecule has 210 valence electrons. The molecule has 1 aliphatic heterocycles. The Kier molecular flexibility index (Phi) is 5.77. The van der Waals surface area contributed by atoms with Gasteiger partial charge in [0, 0.05) is 30.8 Å². The number of alkyl halides is 2. The smallest absolute Gasteiger partial charge is 0.265 e. The van der Waals surface area contributed by atoms with E-state index in [0.717, 1.165) is 25.3 Å². The van der Waals surface area contributed by atoms with E-state index < -0.39 is 35.4 Å². The average molecular weight is 555 g/mol. The maximum Gasteiger partial charge on any atom is 0.265 e. The number of carbonyl (C=O) groups is 1. The number of nitrogens with one attached hydrogen (secondary N) is 1. The van der Waals surface area contributed by atoms with Gasteiger partial charge in [0.15, 0.2) is 5.65 Å². The number of hydrogen-bond acceptors (Lipinski definition) is 4. The minimum atomic E-state index is -2.88. The van der Waals surface area contributed by atoms with Crippen molar-refractivity contribution in [3.63, 3.8) is 0 Å². The second-order valence-corrected chi connectivity index (χ2v) is 12.4. The van der Waals surface area contributed by atoms with Crippen molar-refractivity contribution < 1.29 is 22.4 Å². The molecule has 1 amide bonds. The van der Waals surface area contributed by atoms with Crippen molar-refractivity contribution in [1.82, 2.24) is 14.9 Å². The molecule has 2 aromatic heterocycles. The molecule has 1 N–H and O–H groups in total. The van der Waals surface area contributed by atoms with Crippen molar-refractivity contribution in [1.29, 1.82) is 0 Å². The molecule has 40 heavy (non-hydrogen) atoms. The molecule has 1 saturated heterocycles. The summed E-state index contributed by atoms with van der Waals surface area (Å²) in [4.78, 5) is 33.3. The Morgan fingerprint density at radius 2 is 1.70 bits per heavy atom. The Morgan fingerprint density at radius 1 is 1.00 bits per heavy atom. The van der Waals surface area contributed by atoms with Crippen LogP contribution in [-0.2, 0) is 0 Å². The van der Waals surface area contributed by atoms with Crippen molar-refractivity contribution >= 4 is 22.8 Å². The Morgan fingerprint density at radius 3 is 2.35 bits per heavy atom. The van der Waals surface area contributed by atoms with Crippen LogP contribution >= 0.6 is 0 Å². The second kappa shape index (κ2) is 9.04. The van der Waals surface area contributed by atoms with Gasteiger partial charge in [-0.2, -0.15) is 0 Å². The van der Waals surface area contributed by atoms with Crippen LogP contribution in [-0.4, -0.2) is 40.0 Å². The Bertz CT molecular complexity index is 1550. The van der Waals surface area contributed by atoms with Gasteiger partial charge in [-0.25, -0.2) is 22.5 Å². The molecule has 4 aliphatic carbocycles. The van der Waals surface area contributed by atoms with Gasteiger partial charge in [-0.05, 0) is 87.0 Å². The molecule has 0 atom stereocenters. The van der Waals surface area contributed by atoms with E-state index in [9.17, 15) is 22.8 Å². The maximum absolute atomic E-state index is 15.1. The predicted octanol–water partition coefficient (Wildman–Crippen LogP) is 5.60. The van der Waals surface area contributed by atoms with Crippen molar-refractivity contribution in [3.8, 4) is 5.69 Å². The molecule has 4 saturated carbocycles. The number of nitrogens with zero attached hydrogens (tertiary/aromatic N) is 3. The first kappa shape index (κ1) is 25.5. The van der Waals surface area contributed by atoms with Gasteiger partial charge < -0.3 is 10.2 Å². The molecule has 4 bridgehead atoms. The fourth-order valence-electron chi connectivity index (χ4n) is 8.12. The van der Waals surface area contributed by atoms with E-state index in [-0.39, 0.29) is 46.5 Å². The number of rotatable bonds is 4. The van der Waals surface area contributed by atoms with Crippen molar-refractivity contribution in [3.05, 3.63) is 63.9 Å². The Labute approximate surface area is 228 Å². The molecule has 3 heterocycles. The lowest BCUT2D eigenvalue weighted by atomic mass is 9.53. The molecule has 5 fully saturated rings. The summed E-state index contributed by atoms with van der Waals surface area (Å²) in [6, 6.07) is 5.93. The van der Waals surface area contributed by atoms with Crippen LogP contribution < -0.4 is 15.6 Å². The SMILES string of the molecule is O=C(NC12CC3CC(CC(C3)C1)C2)c1cn(-c2ccc(F)cc2F)c2nc(N3CCCC(F)(F)C3)ccc2c1=O. The van der Waals surface area contributed by atoms with Crippen LogP contribution in [0.15, 0.2) is 41.3 Å².